The molecule has 1 fully saturated rings. The van der Waals surface area contributed by atoms with E-state index in [1.165, 1.54) is 18.4 Å². The van der Waals surface area contributed by atoms with Crippen LogP contribution in [0.5, 0.6) is 11.5 Å². The Bertz CT molecular complexity index is 450. The van der Waals surface area contributed by atoms with Crippen molar-refractivity contribution in [2.45, 2.75) is 32.2 Å². The van der Waals surface area contributed by atoms with Gasteiger partial charge in [0.2, 0.25) is 0 Å². The van der Waals surface area contributed by atoms with Gasteiger partial charge in [-0.3, -0.25) is 0 Å². The van der Waals surface area contributed by atoms with Gasteiger partial charge in [0.25, 0.3) is 0 Å². The molecule has 104 valence electrons. The van der Waals surface area contributed by atoms with Crippen molar-refractivity contribution in [3.05, 3.63) is 29.3 Å². The smallest absolute Gasteiger partial charge is 0.129 e. The molecule has 0 saturated heterocycles. The molecular weight excluding hydrogens is 238 g/mol. The number of methoxy groups -OCH3 is 2. The number of hydrogen-bond donors (Lipinski definition) is 1. The van der Waals surface area contributed by atoms with Crippen LogP contribution in [0.2, 0.25) is 0 Å². The van der Waals surface area contributed by atoms with Crippen molar-refractivity contribution in [3.8, 4) is 11.5 Å². The highest BCUT2D eigenvalue weighted by Gasteiger charge is 2.20. The second kappa shape index (κ2) is 6.62. The number of ether oxygens (including phenoxy) is 2. The van der Waals surface area contributed by atoms with Gasteiger partial charge in [-0.25, -0.2) is 0 Å². The third kappa shape index (κ3) is 4.00. The van der Waals surface area contributed by atoms with E-state index >= 15 is 0 Å². The molecule has 1 N–H and O–H groups in total. The van der Waals surface area contributed by atoms with Crippen molar-refractivity contribution in [1.82, 2.24) is 5.32 Å². The van der Waals surface area contributed by atoms with Crippen molar-refractivity contribution in [2.24, 2.45) is 0 Å². The molecule has 0 aliphatic heterocycles. The zero-order valence-corrected chi connectivity index (χ0v) is 12.0. The third-order valence-corrected chi connectivity index (χ3v) is 3.45. The van der Waals surface area contributed by atoms with E-state index in [-0.39, 0.29) is 0 Å². The minimum Gasteiger partial charge on any atom is -0.497 e. The van der Waals surface area contributed by atoms with Gasteiger partial charge in [0.15, 0.2) is 0 Å². The Labute approximate surface area is 115 Å². The van der Waals surface area contributed by atoms with Crippen LogP contribution in [0, 0.1) is 0 Å². The highest BCUT2D eigenvalue weighted by atomic mass is 16.5. The Kier molecular flexibility index (Phi) is 4.86. The molecule has 0 spiro atoms. The zero-order valence-electron chi connectivity index (χ0n) is 12.0. The van der Waals surface area contributed by atoms with Gasteiger partial charge in [-0.2, -0.15) is 0 Å². The molecule has 0 bridgehead atoms. The predicted octanol–water partition coefficient (Wildman–Crippen LogP) is 3.25. The maximum absolute atomic E-state index is 5.43. The Morgan fingerprint density at radius 1 is 1.32 bits per heavy atom. The summed E-state index contributed by atoms with van der Waals surface area (Å²) in [5.41, 5.74) is 2.51. The van der Waals surface area contributed by atoms with Gasteiger partial charge in [0.05, 0.1) is 14.2 Å². The first-order valence-electron chi connectivity index (χ1n) is 6.91. The predicted molar refractivity (Wildman–Crippen MR) is 78.8 cm³/mol. The Balaban J connectivity index is 2.13. The molecule has 1 aromatic rings. The van der Waals surface area contributed by atoms with E-state index in [4.69, 9.17) is 9.47 Å². The summed E-state index contributed by atoms with van der Waals surface area (Å²) in [6.45, 7) is 3.16. The van der Waals surface area contributed by atoms with Crippen molar-refractivity contribution in [1.29, 1.82) is 0 Å². The molecule has 3 heteroatoms. The Morgan fingerprint density at radius 2 is 2.11 bits per heavy atom. The maximum Gasteiger partial charge on any atom is 0.129 e. The highest BCUT2D eigenvalue weighted by Crippen LogP contribution is 2.27. The number of hydrogen-bond acceptors (Lipinski definition) is 3. The fraction of sp³-hybridized carbons (Fsp3) is 0.500. The minimum atomic E-state index is 0.743. The fourth-order valence-electron chi connectivity index (χ4n) is 2.00. The molecule has 0 heterocycles. The average Bonchev–Trinajstić information content (AvgIpc) is 3.27. The molecule has 0 unspecified atom stereocenters. The van der Waals surface area contributed by atoms with Gasteiger partial charge in [-0.15, -0.1) is 0 Å². The molecule has 1 aliphatic rings. The van der Waals surface area contributed by atoms with Crippen LogP contribution >= 0.6 is 0 Å². The van der Waals surface area contributed by atoms with Crippen molar-refractivity contribution >= 4 is 6.08 Å². The van der Waals surface area contributed by atoms with Crippen LogP contribution in [-0.2, 0) is 0 Å². The second-order valence-electron chi connectivity index (χ2n) is 4.92. The van der Waals surface area contributed by atoms with Crippen LogP contribution in [0.4, 0.5) is 0 Å². The first kappa shape index (κ1) is 13.9. The number of nitrogens with one attached hydrogen (secondary N) is 1. The molecule has 1 saturated carbocycles. The van der Waals surface area contributed by atoms with Crippen LogP contribution in [0.25, 0.3) is 6.08 Å². The van der Waals surface area contributed by atoms with E-state index in [0.717, 1.165) is 36.1 Å². The lowest BCUT2D eigenvalue weighted by atomic mass is 10.1. The zero-order chi connectivity index (χ0) is 13.7. The standard InChI is InChI=1S/C16H23NO2/c1-4-12(11-17-14-6-7-14)9-13-5-8-15(18-2)10-16(13)19-3/h5,8-10,14,17H,4,6-7,11H2,1-3H3. The van der Waals surface area contributed by atoms with Crippen molar-refractivity contribution in [2.75, 3.05) is 20.8 Å². The molecule has 0 aromatic heterocycles. The van der Waals surface area contributed by atoms with Crippen LogP contribution < -0.4 is 14.8 Å². The van der Waals surface area contributed by atoms with E-state index in [2.05, 4.69) is 18.3 Å². The summed E-state index contributed by atoms with van der Waals surface area (Å²) in [4.78, 5) is 0. The lowest BCUT2D eigenvalue weighted by Crippen LogP contribution is -2.18. The molecule has 0 radical (unpaired) electrons. The lowest BCUT2D eigenvalue weighted by Gasteiger charge is -2.10. The second-order valence-corrected chi connectivity index (χ2v) is 4.92. The monoisotopic (exact) mass is 261 g/mol. The topological polar surface area (TPSA) is 30.5 Å². The fourth-order valence-corrected chi connectivity index (χ4v) is 2.00. The maximum atomic E-state index is 5.43. The van der Waals surface area contributed by atoms with Gasteiger partial charge >= 0.3 is 0 Å². The summed E-state index contributed by atoms with van der Waals surface area (Å²) in [6.07, 6.45) is 5.91. The number of benzene rings is 1. The van der Waals surface area contributed by atoms with Gasteiger partial charge in [-0.1, -0.05) is 18.6 Å². The number of rotatable bonds is 7. The summed E-state index contributed by atoms with van der Waals surface area (Å²) >= 11 is 0. The summed E-state index contributed by atoms with van der Waals surface area (Å²) in [5.74, 6) is 1.68. The summed E-state index contributed by atoms with van der Waals surface area (Å²) in [5, 5.41) is 3.55. The van der Waals surface area contributed by atoms with Crippen LogP contribution in [0.1, 0.15) is 31.7 Å². The van der Waals surface area contributed by atoms with Gasteiger partial charge < -0.3 is 14.8 Å². The van der Waals surface area contributed by atoms with E-state index in [1.54, 1.807) is 14.2 Å². The average molecular weight is 261 g/mol. The third-order valence-electron chi connectivity index (χ3n) is 3.45. The van der Waals surface area contributed by atoms with E-state index in [9.17, 15) is 0 Å². The normalized spacial score (nSPS) is 15.4. The van der Waals surface area contributed by atoms with Crippen LogP contribution in [0.3, 0.4) is 0 Å². The summed E-state index contributed by atoms with van der Waals surface area (Å²) in [6, 6.07) is 6.68. The molecule has 0 atom stereocenters. The molecule has 2 rings (SSSR count). The van der Waals surface area contributed by atoms with Crippen molar-refractivity contribution in [3.63, 3.8) is 0 Å². The molecule has 19 heavy (non-hydrogen) atoms. The first-order chi connectivity index (χ1) is 9.26. The van der Waals surface area contributed by atoms with E-state index < -0.39 is 0 Å². The van der Waals surface area contributed by atoms with E-state index in [0.29, 0.717) is 0 Å². The summed E-state index contributed by atoms with van der Waals surface area (Å²) < 4.78 is 10.6. The molecular formula is C16H23NO2. The van der Waals surface area contributed by atoms with Gasteiger partial charge in [0.1, 0.15) is 11.5 Å². The lowest BCUT2D eigenvalue weighted by molar-refractivity contribution is 0.393. The quantitative estimate of drug-likeness (QED) is 0.817. The van der Waals surface area contributed by atoms with Crippen LogP contribution in [0.15, 0.2) is 23.8 Å². The molecule has 0 amide bonds. The largest absolute Gasteiger partial charge is 0.497 e. The molecule has 3 nitrogen and oxygen atoms in total. The summed E-state index contributed by atoms with van der Waals surface area (Å²) in [7, 11) is 3.36. The highest BCUT2D eigenvalue weighted by molar-refractivity contribution is 5.61. The van der Waals surface area contributed by atoms with Crippen LogP contribution in [-0.4, -0.2) is 26.8 Å². The van der Waals surface area contributed by atoms with E-state index in [1.807, 2.05) is 18.2 Å². The minimum absolute atomic E-state index is 0.743. The molecule has 1 aliphatic carbocycles. The SMILES string of the molecule is CCC(=Cc1ccc(OC)cc1OC)CNC1CC1. The first-order valence-corrected chi connectivity index (χ1v) is 6.91. The van der Waals surface area contributed by atoms with Gasteiger partial charge in [0, 0.05) is 24.2 Å². The van der Waals surface area contributed by atoms with Crippen molar-refractivity contribution < 1.29 is 9.47 Å². The van der Waals surface area contributed by atoms with Gasteiger partial charge in [-0.05, 0) is 31.4 Å². The Morgan fingerprint density at radius 3 is 2.68 bits per heavy atom. The molecule has 1 aromatic carbocycles. The Hall–Kier alpha value is -1.48.